The first kappa shape index (κ1) is 16.3. The maximum atomic E-state index is 13.5. The van der Waals surface area contributed by atoms with Crippen LogP contribution in [-0.4, -0.2) is 13.2 Å². The molecule has 22 heavy (non-hydrogen) atoms. The van der Waals surface area contributed by atoms with Crippen molar-refractivity contribution in [1.82, 2.24) is 5.32 Å². The summed E-state index contributed by atoms with van der Waals surface area (Å²) in [5, 5.41) is 3.23. The molecule has 0 atom stereocenters. The lowest BCUT2D eigenvalue weighted by molar-refractivity contribution is 0.230. The third-order valence-electron chi connectivity index (χ3n) is 3.19. The first-order valence-electron chi connectivity index (χ1n) is 7.38. The standard InChI is InChI=1S/C18H22FNO2/c1-13(2)22-17-9-8-14(10-18(17)21-3)11-20-12-15-6-4-5-7-16(15)19/h4-10,13,20H,11-12H2,1-3H3. The molecule has 3 nitrogen and oxygen atoms in total. The molecule has 1 N–H and O–H groups in total. The van der Waals surface area contributed by atoms with E-state index in [9.17, 15) is 4.39 Å². The Morgan fingerprint density at radius 2 is 1.82 bits per heavy atom. The molecule has 118 valence electrons. The van der Waals surface area contributed by atoms with Gasteiger partial charge in [-0.05, 0) is 37.6 Å². The minimum Gasteiger partial charge on any atom is -0.493 e. The second kappa shape index (κ2) is 7.80. The summed E-state index contributed by atoms with van der Waals surface area (Å²) < 4.78 is 24.6. The van der Waals surface area contributed by atoms with E-state index < -0.39 is 0 Å². The number of ether oxygens (including phenoxy) is 2. The molecule has 0 unspecified atom stereocenters. The van der Waals surface area contributed by atoms with Crippen molar-refractivity contribution < 1.29 is 13.9 Å². The van der Waals surface area contributed by atoms with Gasteiger partial charge in [-0.25, -0.2) is 4.39 Å². The number of nitrogens with one attached hydrogen (secondary N) is 1. The predicted molar refractivity (Wildman–Crippen MR) is 85.7 cm³/mol. The van der Waals surface area contributed by atoms with Crippen LogP contribution in [0.4, 0.5) is 4.39 Å². The van der Waals surface area contributed by atoms with Crippen LogP contribution in [0.25, 0.3) is 0 Å². The third-order valence-corrected chi connectivity index (χ3v) is 3.19. The Morgan fingerprint density at radius 3 is 2.50 bits per heavy atom. The molecule has 0 radical (unpaired) electrons. The van der Waals surface area contributed by atoms with Crippen molar-refractivity contribution in [2.45, 2.75) is 33.0 Å². The van der Waals surface area contributed by atoms with Crippen LogP contribution in [0.1, 0.15) is 25.0 Å². The largest absolute Gasteiger partial charge is 0.493 e. The van der Waals surface area contributed by atoms with Crippen LogP contribution in [0.3, 0.4) is 0 Å². The Kier molecular flexibility index (Phi) is 5.78. The van der Waals surface area contributed by atoms with E-state index in [0.29, 0.717) is 24.4 Å². The molecular weight excluding hydrogens is 281 g/mol. The maximum absolute atomic E-state index is 13.5. The molecule has 0 aliphatic rings. The Balaban J connectivity index is 1.97. The lowest BCUT2D eigenvalue weighted by Gasteiger charge is -2.14. The molecule has 0 aliphatic heterocycles. The van der Waals surface area contributed by atoms with Gasteiger partial charge in [-0.1, -0.05) is 24.3 Å². The normalized spacial score (nSPS) is 10.8. The zero-order chi connectivity index (χ0) is 15.9. The summed E-state index contributed by atoms with van der Waals surface area (Å²) in [5.74, 6) is 1.25. The highest BCUT2D eigenvalue weighted by Crippen LogP contribution is 2.28. The van der Waals surface area contributed by atoms with Crippen LogP contribution in [0.2, 0.25) is 0 Å². The summed E-state index contributed by atoms with van der Waals surface area (Å²) in [6.45, 7) is 5.07. The summed E-state index contributed by atoms with van der Waals surface area (Å²) in [7, 11) is 1.62. The van der Waals surface area contributed by atoms with Crippen LogP contribution < -0.4 is 14.8 Å². The summed E-state index contributed by atoms with van der Waals surface area (Å²) in [5.41, 5.74) is 1.72. The summed E-state index contributed by atoms with van der Waals surface area (Å²) >= 11 is 0. The molecule has 4 heteroatoms. The molecule has 0 amide bonds. The van der Waals surface area contributed by atoms with E-state index in [1.807, 2.05) is 38.1 Å². The maximum Gasteiger partial charge on any atom is 0.161 e. The summed E-state index contributed by atoms with van der Waals surface area (Å²) in [6, 6.07) is 12.6. The molecule has 0 aliphatic carbocycles. The third kappa shape index (κ3) is 4.46. The first-order valence-corrected chi connectivity index (χ1v) is 7.38. The van der Waals surface area contributed by atoms with Gasteiger partial charge in [0.2, 0.25) is 0 Å². The number of halogens is 1. The second-order valence-corrected chi connectivity index (χ2v) is 5.35. The Labute approximate surface area is 131 Å². The molecule has 2 aromatic rings. The van der Waals surface area contributed by atoms with E-state index in [-0.39, 0.29) is 11.9 Å². The molecule has 0 aromatic heterocycles. The molecule has 0 fully saturated rings. The van der Waals surface area contributed by atoms with Gasteiger partial charge in [0.05, 0.1) is 13.2 Å². The van der Waals surface area contributed by atoms with Gasteiger partial charge < -0.3 is 14.8 Å². The number of hydrogen-bond donors (Lipinski definition) is 1. The van der Waals surface area contributed by atoms with Gasteiger partial charge in [-0.3, -0.25) is 0 Å². The fourth-order valence-corrected chi connectivity index (χ4v) is 2.16. The second-order valence-electron chi connectivity index (χ2n) is 5.35. The van der Waals surface area contributed by atoms with Crippen LogP contribution in [0.15, 0.2) is 42.5 Å². The number of hydrogen-bond acceptors (Lipinski definition) is 3. The molecule has 0 heterocycles. The van der Waals surface area contributed by atoms with Crippen molar-refractivity contribution in [3.63, 3.8) is 0 Å². The Bertz CT molecular complexity index is 614. The minimum absolute atomic E-state index is 0.0962. The van der Waals surface area contributed by atoms with Gasteiger partial charge >= 0.3 is 0 Å². The van der Waals surface area contributed by atoms with E-state index in [1.165, 1.54) is 6.07 Å². The highest BCUT2D eigenvalue weighted by molar-refractivity contribution is 5.43. The van der Waals surface area contributed by atoms with Crippen molar-refractivity contribution in [3.05, 3.63) is 59.4 Å². The van der Waals surface area contributed by atoms with Crippen LogP contribution in [-0.2, 0) is 13.1 Å². The molecule has 0 saturated carbocycles. The zero-order valence-electron chi connectivity index (χ0n) is 13.2. The SMILES string of the molecule is COc1cc(CNCc2ccccc2F)ccc1OC(C)C. The average molecular weight is 303 g/mol. The quantitative estimate of drug-likeness (QED) is 0.841. The molecular formula is C18H22FNO2. The van der Waals surface area contributed by atoms with E-state index in [2.05, 4.69) is 5.32 Å². The van der Waals surface area contributed by atoms with E-state index >= 15 is 0 Å². The molecule has 0 bridgehead atoms. The molecule has 0 saturated heterocycles. The summed E-state index contributed by atoms with van der Waals surface area (Å²) in [4.78, 5) is 0. The van der Waals surface area contributed by atoms with Gasteiger partial charge in [0.15, 0.2) is 11.5 Å². The topological polar surface area (TPSA) is 30.5 Å². The van der Waals surface area contributed by atoms with Gasteiger partial charge in [0, 0.05) is 18.7 Å². The van der Waals surface area contributed by atoms with Gasteiger partial charge in [-0.2, -0.15) is 0 Å². The Morgan fingerprint density at radius 1 is 1.05 bits per heavy atom. The molecule has 2 aromatic carbocycles. The van der Waals surface area contributed by atoms with Gasteiger partial charge in [0.25, 0.3) is 0 Å². The average Bonchev–Trinajstić information content (AvgIpc) is 2.50. The van der Waals surface area contributed by atoms with Crippen molar-refractivity contribution in [3.8, 4) is 11.5 Å². The van der Waals surface area contributed by atoms with Crippen molar-refractivity contribution >= 4 is 0 Å². The smallest absolute Gasteiger partial charge is 0.161 e. The lowest BCUT2D eigenvalue weighted by atomic mass is 10.1. The predicted octanol–water partition coefficient (Wildman–Crippen LogP) is 3.91. The van der Waals surface area contributed by atoms with Gasteiger partial charge in [0.1, 0.15) is 5.82 Å². The van der Waals surface area contributed by atoms with Crippen LogP contribution in [0.5, 0.6) is 11.5 Å². The number of methoxy groups -OCH3 is 1. The number of rotatable bonds is 7. The minimum atomic E-state index is -0.187. The fraction of sp³-hybridized carbons (Fsp3) is 0.333. The Hall–Kier alpha value is -2.07. The molecule has 0 spiro atoms. The number of benzene rings is 2. The molecule has 2 rings (SSSR count). The van der Waals surface area contributed by atoms with Gasteiger partial charge in [-0.15, -0.1) is 0 Å². The monoisotopic (exact) mass is 303 g/mol. The first-order chi connectivity index (χ1) is 10.6. The summed E-state index contributed by atoms with van der Waals surface area (Å²) in [6.07, 6.45) is 0.0962. The zero-order valence-corrected chi connectivity index (χ0v) is 13.2. The van der Waals surface area contributed by atoms with Crippen molar-refractivity contribution in [2.24, 2.45) is 0 Å². The van der Waals surface area contributed by atoms with Crippen LogP contribution in [0, 0.1) is 5.82 Å². The van der Waals surface area contributed by atoms with Crippen molar-refractivity contribution in [2.75, 3.05) is 7.11 Å². The highest BCUT2D eigenvalue weighted by atomic mass is 19.1. The van der Waals surface area contributed by atoms with E-state index in [1.54, 1.807) is 19.2 Å². The van der Waals surface area contributed by atoms with Crippen LogP contribution >= 0.6 is 0 Å². The highest BCUT2D eigenvalue weighted by Gasteiger charge is 2.07. The van der Waals surface area contributed by atoms with E-state index in [4.69, 9.17) is 9.47 Å². The fourth-order valence-electron chi connectivity index (χ4n) is 2.16. The van der Waals surface area contributed by atoms with E-state index in [0.717, 1.165) is 11.3 Å². The lowest BCUT2D eigenvalue weighted by Crippen LogP contribution is -2.14. The van der Waals surface area contributed by atoms with Crippen molar-refractivity contribution in [1.29, 1.82) is 0 Å².